The second-order valence-electron chi connectivity index (χ2n) is 3.86. The van der Waals surface area contributed by atoms with E-state index in [-0.39, 0.29) is 5.69 Å². The van der Waals surface area contributed by atoms with Crippen molar-refractivity contribution < 1.29 is 0 Å². The van der Waals surface area contributed by atoms with Crippen LogP contribution in [-0.2, 0) is 20.1 Å². The lowest BCUT2D eigenvalue weighted by Crippen LogP contribution is -2.25. The van der Waals surface area contributed by atoms with E-state index >= 15 is 0 Å². The normalized spacial score (nSPS) is 10.9. The van der Waals surface area contributed by atoms with Crippen LogP contribution in [0.4, 0.5) is 0 Å². The molecule has 0 unspecified atom stereocenters. The topological polar surface area (TPSA) is 44.8 Å². The minimum absolute atomic E-state index is 0.0323. The Hall–Kier alpha value is -1.78. The highest BCUT2D eigenvalue weighted by molar-refractivity contribution is 4.94. The van der Waals surface area contributed by atoms with Crippen molar-refractivity contribution in [3.8, 4) is 0 Å². The number of imidazole rings is 2. The van der Waals surface area contributed by atoms with Gasteiger partial charge in [0.25, 0.3) is 0 Å². The standard InChI is InChI=1S/C11H16N4O/c1-3-5-14-7-8-15(11(14)16)9-10-12-4-6-13(10)2/h4,6-8H,3,5,9H2,1-2H3. The first kappa shape index (κ1) is 10.7. The van der Waals surface area contributed by atoms with Gasteiger partial charge in [0.1, 0.15) is 5.82 Å². The Morgan fingerprint density at radius 1 is 1.25 bits per heavy atom. The van der Waals surface area contributed by atoms with Crippen LogP contribution in [0.2, 0.25) is 0 Å². The average Bonchev–Trinajstić information content (AvgIpc) is 2.80. The van der Waals surface area contributed by atoms with E-state index in [9.17, 15) is 4.79 Å². The van der Waals surface area contributed by atoms with Crippen molar-refractivity contribution in [3.05, 3.63) is 41.1 Å². The van der Waals surface area contributed by atoms with E-state index in [1.807, 2.05) is 30.2 Å². The van der Waals surface area contributed by atoms with Crippen LogP contribution in [0.5, 0.6) is 0 Å². The van der Waals surface area contributed by atoms with Gasteiger partial charge < -0.3 is 4.57 Å². The number of nitrogens with zero attached hydrogens (tertiary/aromatic N) is 4. The number of hydrogen-bond donors (Lipinski definition) is 0. The Balaban J connectivity index is 2.23. The van der Waals surface area contributed by atoms with E-state index in [1.54, 1.807) is 15.3 Å². The highest BCUT2D eigenvalue weighted by atomic mass is 16.1. The molecule has 2 heterocycles. The lowest BCUT2D eigenvalue weighted by Gasteiger charge is -2.02. The molecule has 0 saturated heterocycles. The van der Waals surface area contributed by atoms with Crippen molar-refractivity contribution in [2.75, 3.05) is 0 Å². The molecule has 0 radical (unpaired) electrons. The van der Waals surface area contributed by atoms with Crippen LogP contribution in [0, 0.1) is 0 Å². The molecular formula is C11H16N4O. The molecule has 0 aliphatic rings. The van der Waals surface area contributed by atoms with Gasteiger partial charge in [-0.15, -0.1) is 0 Å². The first-order valence-electron chi connectivity index (χ1n) is 5.44. The molecule has 0 aromatic carbocycles. The van der Waals surface area contributed by atoms with Gasteiger partial charge >= 0.3 is 5.69 Å². The third kappa shape index (κ3) is 1.93. The van der Waals surface area contributed by atoms with Crippen molar-refractivity contribution in [1.82, 2.24) is 18.7 Å². The van der Waals surface area contributed by atoms with Crippen LogP contribution in [0.25, 0.3) is 0 Å². The molecule has 0 aliphatic carbocycles. The maximum absolute atomic E-state index is 11.9. The van der Waals surface area contributed by atoms with Gasteiger partial charge in [0, 0.05) is 38.4 Å². The summed E-state index contributed by atoms with van der Waals surface area (Å²) in [5.41, 5.74) is 0.0323. The van der Waals surface area contributed by atoms with Crippen LogP contribution in [0.3, 0.4) is 0 Å². The molecule has 0 aliphatic heterocycles. The predicted octanol–water partition coefficient (Wildman–Crippen LogP) is 0.842. The Morgan fingerprint density at radius 2 is 2.00 bits per heavy atom. The van der Waals surface area contributed by atoms with Crippen LogP contribution in [0.1, 0.15) is 19.2 Å². The first-order valence-corrected chi connectivity index (χ1v) is 5.44. The molecule has 2 aromatic rings. The van der Waals surface area contributed by atoms with E-state index in [4.69, 9.17) is 0 Å². The Kier molecular flexibility index (Phi) is 2.94. The van der Waals surface area contributed by atoms with E-state index in [0.29, 0.717) is 6.54 Å². The second kappa shape index (κ2) is 4.38. The SMILES string of the molecule is CCCn1ccn(Cc2nccn2C)c1=O. The molecule has 0 saturated carbocycles. The molecule has 2 rings (SSSR count). The third-order valence-corrected chi connectivity index (χ3v) is 2.62. The van der Waals surface area contributed by atoms with Crippen molar-refractivity contribution in [2.45, 2.75) is 26.4 Å². The fraction of sp³-hybridized carbons (Fsp3) is 0.455. The van der Waals surface area contributed by atoms with Crippen molar-refractivity contribution in [1.29, 1.82) is 0 Å². The van der Waals surface area contributed by atoms with E-state index in [2.05, 4.69) is 11.9 Å². The zero-order chi connectivity index (χ0) is 11.5. The maximum atomic E-state index is 11.9. The van der Waals surface area contributed by atoms with Gasteiger partial charge in [-0.3, -0.25) is 9.13 Å². The van der Waals surface area contributed by atoms with Crippen LogP contribution in [-0.4, -0.2) is 18.7 Å². The van der Waals surface area contributed by atoms with E-state index < -0.39 is 0 Å². The average molecular weight is 220 g/mol. The summed E-state index contributed by atoms with van der Waals surface area (Å²) < 4.78 is 5.32. The van der Waals surface area contributed by atoms with Gasteiger partial charge in [-0.05, 0) is 6.42 Å². The molecule has 0 N–H and O–H groups in total. The monoisotopic (exact) mass is 220 g/mol. The van der Waals surface area contributed by atoms with Crippen LogP contribution in [0.15, 0.2) is 29.6 Å². The number of aryl methyl sites for hydroxylation is 2. The van der Waals surface area contributed by atoms with E-state index in [1.165, 1.54) is 0 Å². The number of hydrogen-bond acceptors (Lipinski definition) is 2. The fourth-order valence-electron chi connectivity index (χ4n) is 1.69. The summed E-state index contributed by atoms with van der Waals surface area (Å²) in [6, 6.07) is 0. The molecule has 86 valence electrons. The van der Waals surface area contributed by atoms with Crippen molar-refractivity contribution in [3.63, 3.8) is 0 Å². The molecule has 5 heteroatoms. The molecule has 0 amide bonds. The lowest BCUT2D eigenvalue weighted by molar-refractivity contribution is 0.609. The quantitative estimate of drug-likeness (QED) is 0.766. The van der Waals surface area contributed by atoms with Gasteiger partial charge in [-0.1, -0.05) is 6.92 Å². The summed E-state index contributed by atoms with van der Waals surface area (Å²) in [5.74, 6) is 0.886. The van der Waals surface area contributed by atoms with Gasteiger partial charge in [-0.2, -0.15) is 0 Å². The Morgan fingerprint density at radius 3 is 2.62 bits per heavy atom. The molecule has 0 bridgehead atoms. The predicted molar refractivity (Wildman–Crippen MR) is 61.3 cm³/mol. The molecular weight excluding hydrogens is 204 g/mol. The van der Waals surface area contributed by atoms with Gasteiger partial charge in [0.15, 0.2) is 0 Å². The fourth-order valence-corrected chi connectivity index (χ4v) is 1.69. The highest BCUT2D eigenvalue weighted by Crippen LogP contribution is 1.97. The molecule has 5 nitrogen and oxygen atoms in total. The summed E-state index contributed by atoms with van der Waals surface area (Å²) in [4.78, 5) is 16.1. The van der Waals surface area contributed by atoms with Gasteiger partial charge in [0.05, 0.1) is 6.54 Å². The summed E-state index contributed by atoms with van der Waals surface area (Å²) in [7, 11) is 1.93. The maximum Gasteiger partial charge on any atom is 0.328 e. The number of rotatable bonds is 4. The molecule has 16 heavy (non-hydrogen) atoms. The zero-order valence-electron chi connectivity index (χ0n) is 9.63. The lowest BCUT2D eigenvalue weighted by atomic mass is 10.5. The minimum Gasteiger partial charge on any atom is -0.337 e. The smallest absolute Gasteiger partial charge is 0.328 e. The Bertz CT molecular complexity index is 520. The molecule has 0 fully saturated rings. The second-order valence-corrected chi connectivity index (χ2v) is 3.86. The summed E-state index contributed by atoms with van der Waals surface area (Å²) in [6.07, 6.45) is 8.22. The van der Waals surface area contributed by atoms with Crippen molar-refractivity contribution >= 4 is 0 Å². The largest absolute Gasteiger partial charge is 0.337 e. The number of aromatic nitrogens is 4. The molecule has 0 atom stereocenters. The summed E-state index contributed by atoms with van der Waals surface area (Å²) in [6.45, 7) is 3.36. The first-order chi connectivity index (χ1) is 7.72. The van der Waals surface area contributed by atoms with Crippen LogP contribution >= 0.6 is 0 Å². The molecule has 0 spiro atoms. The zero-order valence-corrected chi connectivity index (χ0v) is 9.63. The summed E-state index contributed by atoms with van der Waals surface area (Å²) >= 11 is 0. The third-order valence-electron chi connectivity index (χ3n) is 2.62. The van der Waals surface area contributed by atoms with Crippen LogP contribution < -0.4 is 5.69 Å². The van der Waals surface area contributed by atoms with Gasteiger partial charge in [-0.25, -0.2) is 9.78 Å². The summed E-state index contributed by atoms with van der Waals surface area (Å²) in [5, 5.41) is 0. The van der Waals surface area contributed by atoms with Crippen molar-refractivity contribution in [2.24, 2.45) is 7.05 Å². The highest BCUT2D eigenvalue weighted by Gasteiger charge is 2.05. The van der Waals surface area contributed by atoms with Gasteiger partial charge in [0.2, 0.25) is 0 Å². The molecule has 2 aromatic heterocycles. The Labute approximate surface area is 94.0 Å². The minimum atomic E-state index is 0.0323. The van der Waals surface area contributed by atoms with E-state index in [0.717, 1.165) is 18.8 Å².